The van der Waals surface area contributed by atoms with E-state index >= 15 is 0 Å². The molecule has 6 nitrogen and oxygen atoms in total. The molecular weight excluding hydrogens is 312 g/mol. The van der Waals surface area contributed by atoms with Crippen molar-refractivity contribution in [3.8, 4) is 0 Å². The van der Waals surface area contributed by atoms with Crippen LogP contribution in [0.3, 0.4) is 0 Å². The third kappa shape index (κ3) is 8.46. The summed E-state index contributed by atoms with van der Waals surface area (Å²) in [6.45, 7) is 4.45. The molecule has 7 heteroatoms. The highest BCUT2D eigenvalue weighted by Crippen LogP contribution is 2.27. The molecule has 0 heterocycles. The molecule has 0 spiro atoms. The molecule has 0 saturated heterocycles. The lowest BCUT2D eigenvalue weighted by molar-refractivity contribution is -0.127. The summed E-state index contributed by atoms with van der Waals surface area (Å²) >= 11 is 1.93. The van der Waals surface area contributed by atoms with Crippen LogP contribution in [0.5, 0.6) is 0 Å². The van der Waals surface area contributed by atoms with Crippen molar-refractivity contribution >= 4 is 23.6 Å². The number of likely N-dealkylation sites (N-methyl/N-ethyl adjacent to an activating group) is 1. The quantitative estimate of drug-likeness (QED) is 0.375. The Balaban J connectivity index is 2.46. The first kappa shape index (κ1) is 20.1. The first-order valence-electron chi connectivity index (χ1n) is 8.42. The number of carbonyl (C=O) groups is 1. The number of guanidine groups is 1. The van der Waals surface area contributed by atoms with Gasteiger partial charge in [0.15, 0.2) is 5.96 Å². The van der Waals surface area contributed by atoms with Gasteiger partial charge in [-0.1, -0.05) is 0 Å². The fourth-order valence-corrected chi connectivity index (χ4v) is 3.24. The predicted octanol–water partition coefficient (Wildman–Crippen LogP) is 1.32. The smallest absolute Gasteiger partial charge is 0.243 e. The molecule has 2 unspecified atom stereocenters. The van der Waals surface area contributed by atoms with Crippen LogP contribution in [-0.2, 0) is 9.53 Å². The summed E-state index contributed by atoms with van der Waals surface area (Å²) in [6.07, 6.45) is 6.65. The number of hydrogen-bond donors (Lipinski definition) is 2. The third-order valence-electron chi connectivity index (χ3n) is 3.89. The van der Waals surface area contributed by atoms with Gasteiger partial charge in [0.2, 0.25) is 5.91 Å². The molecule has 1 amide bonds. The number of nitrogens with zero attached hydrogens (tertiary/aromatic N) is 2. The van der Waals surface area contributed by atoms with Crippen LogP contribution in [0.2, 0.25) is 0 Å². The van der Waals surface area contributed by atoms with E-state index in [0.29, 0.717) is 6.04 Å². The van der Waals surface area contributed by atoms with Crippen molar-refractivity contribution in [3.05, 3.63) is 0 Å². The van der Waals surface area contributed by atoms with Crippen LogP contribution in [-0.4, -0.2) is 74.7 Å². The lowest BCUT2D eigenvalue weighted by Gasteiger charge is -2.18. The van der Waals surface area contributed by atoms with Crippen molar-refractivity contribution in [1.29, 1.82) is 0 Å². The van der Waals surface area contributed by atoms with Crippen LogP contribution in [0.4, 0.5) is 0 Å². The Hall–Kier alpha value is -0.950. The van der Waals surface area contributed by atoms with Crippen LogP contribution in [0, 0.1) is 0 Å². The van der Waals surface area contributed by atoms with Gasteiger partial charge >= 0.3 is 0 Å². The number of nitrogens with one attached hydrogen (secondary N) is 2. The standard InChI is InChI=1S/C16H32N4O2S/c1-5-22-10-6-9-17-16(18-12-15(21)20(2)3)19-13-7-8-14(11-13)23-4/h13-14H,5-12H2,1-4H3,(H2,17,18,19). The molecule has 0 aromatic carbocycles. The van der Waals surface area contributed by atoms with Gasteiger partial charge in [0.1, 0.15) is 6.54 Å². The van der Waals surface area contributed by atoms with Crippen molar-refractivity contribution in [1.82, 2.24) is 15.5 Å². The number of aliphatic imine (C=N–C) groups is 1. The molecule has 0 aliphatic heterocycles. The maximum Gasteiger partial charge on any atom is 0.243 e. The van der Waals surface area contributed by atoms with Crippen LogP contribution >= 0.6 is 11.8 Å². The second-order valence-electron chi connectivity index (χ2n) is 5.94. The lowest BCUT2D eigenvalue weighted by Crippen LogP contribution is -2.43. The molecule has 2 atom stereocenters. The maximum absolute atomic E-state index is 11.7. The SMILES string of the molecule is CCOCCCNC(=NCC(=O)N(C)C)NC1CCC(SC)C1. The fraction of sp³-hybridized carbons (Fsp3) is 0.875. The molecule has 1 saturated carbocycles. The van der Waals surface area contributed by atoms with Crippen molar-refractivity contribution in [3.63, 3.8) is 0 Å². The van der Waals surface area contributed by atoms with Crippen LogP contribution in [0.15, 0.2) is 4.99 Å². The van der Waals surface area contributed by atoms with Gasteiger partial charge in [0.05, 0.1) is 0 Å². The fourth-order valence-electron chi connectivity index (χ4n) is 2.44. The molecule has 1 fully saturated rings. The van der Waals surface area contributed by atoms with E-state index in [1.54, 1.807) is 19.0 Å². The van der Waals surface area contributed by atoms with E-state index in [2.05, 4.69) is 21.9 Å². The molecule has 0 aromatic rings. The highest BCUT2D eigenvalue weighted by Gasteiger charge is 2.24. The largest absolute Gasteiger partial charge is 0.382 e. The minimum Gasteiger partial charge on any atom is -0.382 e. The molecule has 1 aliphatic carbocycles. The van der Waals surface area contributed by atoms with Gasteiger partial charge < -0.3 is 20.3 Å². The highest BCUT2D eigenvalue weighted by molar-refractivity contribution is 7.99. The second-order valence-corrected chi connectivity index (χ2v) is 7.08. The van der Waals surface area contributed by atoms with E-state index in [-0.39, 0.29) is 12.5 Å². The molecule has 134 valence electrons. The van der Waals surface area contributed by atoms with E-state index in [9.17, 15) is 4.79 Å². The highest BCUT2D eigenvalue weighted by atomic mass is 32.2. The zero-order valence-electron chi connectivity index (χ0n) is 14.9. The molecule has 23 heavy (non-hydrogen) atoms. The third-order valence-corrected chi connectivity index (χ3v) is 4.99. The molecular formula is C16H32N4O2S. The van der Waals surface area contributed by atoms with Gasteiger partial charge in [-0.2, -0.15) is 11.8 Å². The summed E-state index contributed by atoms with van der Waals surface area (Å²) in [5.74, 6) is 0.747. The van der Waals surface area contributed by atoms with Gasteiger partial charge in [0, 0.05) is 45.1 Å². The number of hydrogen-bond acceptors (Lipinski definition) is 4. The van der Waals surface area contributed by atoms with Crippen molar-refractivity contribution in [2.24, 2.45) is 4.99 Å². The summed E-state index contributed by atoms with van der Waals surface area (Å²) < 4.78 is 5.34. The molecule has 1 aliphatic rings. The summed E-state index contributed by atoms with van der Waals surface area (Å²) in [6, 6.07) is 0.444. The monoisotopic (exact) mass is 344 g/mol. The average molecular weight is 345 g/mol. The van der Waals surface area contributed by atoms with Crippen molar-refractivity contribution in [2.75, 3.05) is 46.7 Å². The first-order valence-corrected chi connectivity index (χ1v) is 9.71. The number of ether oxygens (including phenoxy) is 1. The van der Waals surface area contributed by atoms with Crippen LogP contribution in [0.25, 0.3) is 0 Å². The van der Waals surface area contributed by atoms with Crippen LogP contribution in [0.1, 0.15) is 32.6 Å². The van der Waals surface area contributed by atoms with E-state index in [0.717, 1.165) is 50.2 Å². The van der Waals surface area contributed by atoms with Crippen LogP contribution < -0.4 is 10.6 Å². The first-order chi connectivity index (χ1) is 11.1. The summed E-state index contributed by atoms with van der Waals surface area (Å²) in [4.78, 5) is 17.7. The van der Waals surface area contributed by atoms with E-state index in [1.165, 1.54) is 6.42 Å². The zero-order chi connectivity index (χ0) is 17.1. The molecule has 1 rings (SSSR count). The van der Waals surface area contributed by atoms with Gasteiger partial charge in [-0.3, -0.25) is 4.79 Å². The van der Waals surface area contributed by atoms with Gasteiger partial charge in [-0.05, 0) is 38.9 Å². The number of rotatable bonds is 9. The Bertz CT molecular complexity index is 377. The molecule has 0 aromatic heterocycles. The normalized spacial score (nSPS) is 21.3. The Morgan fingerprint density at radius 2 is 2.17 bits per heavy atom. The van der Waals surface area contributed by atoms with Gasteiger partial charge in [0.25, 0.3) is 0 Å². The summed E-state index contributed by atoms with van der Waals surface area (Å²) in [5.41, 5.74) is 0. The second kappa shape index (κ2) is 11.6. The van der Waals surface area contributed by atoms with E-state index in [4.69, 9.17) is 4.74 Å². The number of carbonyl (C=O) groups excluding carboxylic acids is 1. The minimum atomic E-state index is 0.00817. The topological polar surface area (TPSA) is 66.0 Å². The Morgan fingerprint density at radius 3 is 2.78 bits per heavy atom. The zero-order valence-corrected chi connectivity index (χ0v) is 15.7. The molecule has 0 radical (unpaired) electrons. The lowest BCUT2D eigenvalue weighted by atomic mass is 10.2. The minimum absolute atomic E-state index is 0.00817. The van der Waals surface area contributed by atoms with E-state index < -0.39 is 0 Å². The maximum atomic E-state index is 11.7. The number of amides is 1. The average Bonchev–Trinajstić information content (AvgIpc) is 2.99. The Morgan fingerprint density at radius 1 is 1.39 bits per heavy atom. The molecule has 0 bridgehead atoms. The van der Waals surface area contributed by atoms with Crippen molar-refractivity contribution < 1.29 is 9.53 Å². The summed E-state index contributed by atoms with van der Waals surface area (Å²) in [5, 5.41) is 7.53. The van der Waals surface area contributed by atoms with E-state index in [1.807, 2.05) is 18.7 Å². The predicted molar refractivity (Wildman–Crippen MR) is 98.2 cm³/mol. The van der Waals surface area contributed by atoms with Gasteiger partial charge in [-0.25, -0.2) is 4.99 Å². The van der Waals surface area contributed by atoms with Crippen molar-refractivity contribution in [2.45, 2.75) is 43.9 Å². The molecule has 2 N–H and O–H groups in total. The Labute approximate surface area is 144 Å². The Kier molecular flexibility index (Phi) is 10.1. The summed E-state index contributed by atoms with van der Waals surface area (Å²) in [7, 11) is 3.50. The number of thioether (sulfide) groups is 1. The van der Waals surface area contributed by atoms with Gasteiger partial charge in [-0.15, -0.1) is 0 Å².